The summed E-state index contributed by atoms with van der Waals surface area (Å²) >= 11 is 1.12. The Bertz CT molecular complexity index is 692. The van der Waals surface area contributed by atoms with Crippen molar-refractivity contribution in [1.29, 1.82) is 0 Å². The molecule has 0 saturated carbocycles. The van der Waals surface area contributed by atoms with E-state index in [1.807, 2.05) is 6.07 Å². The van der Waals surface area contributed by atoms with E-state index in [1.165, 1.54) is 7.05 Å². The normalized spacial score (nSPS) is 10.5. The third-order valence-electron chi connectivity index (χ3n) is 2.85. The van der Waals surface area contributed by atoms with Crippen molar-refractivity contribution in [3.63, 3.8) is 0 Å². The molecule has 0 bridgehead atoms. The van der Waals surface area contributed by atoms with E-state index >= 15 is 0 Å². The van der Waals surface area contributed by atoms with Crippen LogP contribution >= 0.6 is 11.5 Å². The zero-order chi connectivity index (χ0) is 15.4. The molecular weight excluding hydrogens is 290 g/mol. The summed E-state index contributed by atoms with van der Waals surface area (Å²) in [5.74, 6) is 0.354. The largest absolute Gasteiger partial charge is 0.343 e. The number of nitrogens with one attached hydrogen (secondary N) is 4. The number of H-pyrrole nitrogens is 1. The Morgan fingerprint density at radius 3 is 2.81 bits per heavy atom. The molecule has 2 aromatic heterocycles. The van der Waals surface area contributed by atoms with Gasteiger partial charge in [0.05, 0.1) is 11.9 Å². The summed E-state index contributed by atoms with van der Waals surface area (Å²) in [5.41, 5.74) is 1.69. The van der Waals surface area contributed by atoms with E-state index in [0.717, 1.165) is 22.8 Å². The quantitative estimate of drug-likeness (QED) is 0.697. The van der Waals surface area contributed by atoms with Crippen LogP contribution in [0.5, 0.6) is 0 Å². The number of pyridine rings is 1. The van der Waals surface area contributed by atoms with E-state index < -0.39 is 6.03 Å². The van der Waals surface area contributed by atoms with E-state index in [2.05, 4.69) is 39.2 Å². The van der Waals surface area contributed by atoms with Crippen molar-refractivity contribution in [3.8, 4) is 0 Å². The summed E-state index contributed by atoms with van der Waals surface area (Å²) < 4.78 is 2.59. The first kappa shape index (κ1) is 15.0. The van der Waals surface area contributed by atoms with Crippen LogP contribution in [0, 0.1) is 0 Å². The van der Waals surface area contributed by atoms with Crippen LogP contribution in [0.2, 0.25) is 0 Å². The number of nitrogens with zero attached hydrogens (tertiary/aromatic N) is 1. The van der Waals surface area contributed by atoms with Crippen molar-refractivity contribution in [2.45, 2.75) is 19.8 Å². The Hall–Kier alpha value is -2.35. The second-order valence-corrected chi connectivity index (χ2v) is 5.54. The maximum absolute atomic E-state index is 11.7. The fourth-order valence-corrected chi connectivity index (χ4v) is 2.36. The van der Waals surface area contributed by atoms with Gasteiger partial charge < -0.3 is 16.0 Å². The zero-order valence-corrected chi connectivity index (χ0v) is 12.8. The van der Waals surface area contributed by atoms with E-state index in [4.69, 9.17) is 0 Å². The van der Waals surface area contributed by atoms with Crippen LogP contribution in [0.25, 0.3) is 0 Å². The Labute approximate surface area is 126 Å². The van der Waals surface area contributed by atoms with Gasteiger partial charge in [-0.2, -0.15) is 0 Å². The van der Waals surface area contributed by atoms with Gasteiger partial charge in [-0.05, 0) is 29.1 Å². The standard InChI is InChI=1S/C13H17N5O2S/c1-7(2)8-4-9(6-15-5-8)16-12-10(11(19)18-21-12)17-13(20)14-3/h4-7,16H,1-3H3,(H,18,19)(H2,14,17,20). The van der Waals surface area contributed by atoms with Gasteiger partial charge in [0, 0.05) is 13.2 Å². The van der Waals surface area contributed by atoms with E-state index in [1.54, 1.807) is 12.4 Å². The second kappa shape index (κ2) is 6.40. The highest BCUT2D eigenvalue weighted by molar-refractivity contribution is 7.11. The monoisotopic (exact) mass is 307 g/mol. The third-order valence-corrected chi connectivity index (χ3v) is 3.65. The molecule has 0 unspecified atom stereocenters. The van der Waals surface area contributed by atoms with Crippen LogP contribution in [-0.2, 0) is 0 Å². The van der Waals surface area contributed by atoms with Gasteiger partial charge in [-0.3, -0.25) is 14.2 Å². The van der Waals surface area contributed by atoms with Gasteiger partial charge in [-0.25, -0.2) is 4.79 Å². The molecule has 2 aromatic rings. The molecule has 21 heavy (non-hydrogen) atoms. The first-order chi connectivity index (χ1) is 10.0. The van der Waals surface area contributed by atoms with Crippen molar-refractivity contribution >= 4 is 33.9 Å². The number of carbonyl (C=O) groups is 1. The first-order valence-corrected chi connectivity index (χ1v) is 7.25. The zero-order valence-electron chi connectivity index (χ0n) is 12.0. The average Bonchev–Trinajstić information content (AvgIpc) is 2.80. The number of hydrogen-bond donors (Lipinski definition) is 4. The van der Waals surface area contributed by atoms with Crippen LogP contribution in [0.15, 0.2) is 23.3 Å². The van der Waals surface area contributed by atoms with Crippen molar-refractivity contribution in [1.82, 2.24) is 14.7 Å². The second-order valence-electron chi connectivity index (χ2n) is 4.73. The summed E-state index contributed by atoms with van der Waals surface area (Å²) in [6, 6.07) is 1.52. The van der Waals surface area contributed by atoms with Crippen LogP contribution in [0.3, 0.4) is 0 Å². The fraction of sp³-hybridized carbons (Fsp3) is 0.308. The van der Waals surface area contributed by atoms with Gasteiger partial charge in [0.2, 0.25) is 0 Å². The minimum Gasteiger partial charge on any atom is -0.343 e. The number of rotatable bonds is 4. The number of urea groups is 1. The number of anilines is 3. The topological polar surface area (TPSA) is 98.9 Å². The number of hydrogen-bond acceptors (Lipinski definition) is 5. The molecule has 0 atom stereocenters. The molecule has 0 aliphatic carbocycles. The molecule has 8 heteroatoms. The molecule has 0 aromatic carbocycles. The lowest BCUT2D eigenvalue weighted by Crippen LogP contribution is -2.27. The minimum atomic E-state index is -0.448. The first-order valence-electron chi connectivity index (χ1n) is 6.43. The van der Waals surface area contributed by atoms with Crippen molar-refractivity contribution in [3.05, 3.63) is 34.4 Å². The third kappa shape index (κ3) is 3.60. The van der Waals surface area contributed by atoms with Crippen LogP contribution in [0.1, 0.15) is 25.3 Å². The van der Waals surface area contributed by atoms with Gasteiger partial charge in [0.1, 0.15) is 10.7 Å². The molecule has 0 saturated heterocycles. The average molecular weight is 307 g/mol. The van der Waals surface area contributed by atoms with Crippen LogP contribution < -0.4 is 21.5 Å². The van der Waals surface area contributed by atoms with Crippen LogP contribution in [0.4, 0.5) is 21.2 Å². The van der Waals surface area contributed by atoms with Crippen molar-refractivity contribution in [2.24, 2.45) is 0 Å². The van der Waals surface area contributed by atoms with E-state index in [-0.39, 0.29) is 11.2 Å². The Balaban J connectivity index is 2.26. The van der Waals surface area contributed by atoms with Gasteiger partial charge in [-0.15, -0.1) is 0 Å². The van der Waals surface area contributed by atoms with Gasteiger partial charge in [0.15, 0.2) is 0 Å². The number of aromatic nitrogens is 2. The predicted molar refractivity (Wildman–Crippen MR) is 84.6 cm³/mol. The highest BCUT2D eigenvalue weighted by Gasteiger charge is 2.13. The highest BCUT2D eigenvalue weighted by Crippen LogP contribution is 2.27. The van der Waals surface area contributed by atoms with Gasteiger partial charge in [-0.1, -0.05) is 13.8 Å². The molecular formula is C13H17N5O2S. The highest BCUT2D eigenvalue weighted by atomic mass is 32.1. The summed E-state index contributed by atoms with van der Waals surface area (Å²) in [5, 5.41) is 8.54. The maximum Gasteiger partial charge on any atom is 0.319 e. The minimum absolute atomic E-state index is 0.189. The molecule has 2 amide bonds. The number of aromatic amines is 1. The molecule has 0 radical (unpaired) electrons. The smallest absolute Gasteiger partial charge is 0.319 e. The molecule has 0 aliphatic heterocycles. The van der Waals surface area contributed by atoms with Crippen molar-refractivity contribution in [2.75, 3.05) is 17.7 Å². The lowest BCUT2D eigenvalue weighted by molar-refractivity contribution is 0.254. The summed E-state index contributed by atoms with van der Waals surface area (Å²) in [4.78, 5) is 27.3. The summed E-state index contributed by atoms with van der Waals surface area (Å²) in [6.07, 6.45) is 3.47. The van der Waals surface area contributed by atoms with Gasteiger partial charge in [0.25, 0.3) is 5.56 Å². The van der Waals surface area contributed by atoms with Crippen molar-refractivity contribution < 1.29 is 4.79 Å². The molecule has 0 fully saturated rings. The van der Waals surface area contributed by atoms with Gasteiger partial charge >= 0.3 is 6.03 Å². The summed E-state index contributed by atoms with van der Waals surface area (Å²) in [6.45, 7) is 4.15. The van der Waals surface area contributed by atoms with E-state index in [0.29, 0.717) is 10.9 Å². The van der Waals surface area contributed by atoms with Crippen LogP contribution in [-0.4, -0.2) is 22.4 Å². The fourth-order valence-electron chi connectivity index (χ4n) is 1.65. The Morgan fingerprint density at radius 2 is 2.14 bits per heavy atom. The summed E-state index contributed by atoms with van der Waals surface area (Å²) in [7, 11) is 1.49. The number of amides is 2. The molecule has 4 N–H and O–H groups in total. The Morgan fingerprint density at radius 1 is 1.38 bits per heavy atom. The molecule has 0 spiro atoms. The Kier molecular flexibility index (Phi) is 4.59. The number of carbonyl (C=O) groups excluding carboxylic acids is 1. The maximum atomic E-state index is 11.7. The lowest BCUT2D eigenvalue weighted by Gasteiger charge is -2.09. The predicted octanol–water partition coefficient (Wildman–Crippen LogP) is 2.45. The molecule has 112 valence electrons. The molecule has 2 rings (SSSR count). The molecule has 7 nitrogen and oxygen atoms in total. The molecule has 2 heterocycles. The van der Waals surface area contributed by atoms with E-state index in [9.17, 15) is 9.59 Å². The molecule has 0 aliphatic rings. The SMILES string of the molecule is CNC(=O)Nc1c(Nc2cncc(C(C)C)c2)s[nH]c1=O. The lowest BCUT2D eigenvalue weighted by atomic mass is 10.1.